The molecule has 0 radical (unpaired) electrons. The van der Waals surface area contributed by atoms with E-state index in [0.29, 0.717) is 12.4 Å². The first-order chi connectivity index (χ1) is 10.4. The number of aromatic nitrogens is 4. The maximum Gasteiger partial charge on any atom is 0.332 e. The smallest absolute Gasteiger partial charge is 0.315 e. The molecule has 1 N–H and O–H groups in total. The Hall–Kier alpha value is -2.16. The normalized spacial score (nSPS) is 11.9. The molecule has 0 atom stereocenters. The Balaban J connectivity index is 2.46. The van der Waals surface area contributed by atoms with Gasteiger partial charge in [0.05, 0.1) is 6.54 Å². The van der Waals surface area contributed by atoms with Crippen LogP contribution in [-0.2, 0) is 14.1 Å². The summed E-state index contributed by atoms with van der Waals surface area (Å²) in [5.41, 5.74) is -0.436. The van der Waals surface area contributed by atoms with Gasteiger partial charge in [0.2, 0.25) is 0 Å². The summed E-state index contributed by atoms with van der Waals surface area (Å²) in [5.74, 6) is 0.584. The van der Waals surface area contributed by atoms with Gasteiger partial charge >= 0.3 is 5.69 Å². The maximum atomic E-state index is 12.0. The lowest BCUT2D eigenvalue weighted by Gasteiger charge is -2.19. The van der Waals surface area contributed by atoms with Crippen molar-refractivity contribution in [3.05, 3.63) is 20.8 Å². The second-order valence-corrected chi connectivity index (χ2v) is 5.48. The molecule has 0 amide bonds. The van der Waals surface area contributed by atoms with E-state index in [-0.39, 0.29) is 23.2 Å². The number of imidazole rings is 1. The fourth-order valence-electron chi connectivity index (χ4n) is 1.95. The van der Waals surface area contributed by atoms with Gasteiger partial charge in [0.15, 0.2) is 11.2 Å². The molecule has 2 rings (SSSR count). The SMILES string of the molecule is CC(C)N(CCCl)N=Nc1nc2c([nH]1)c(=O)n(C)c(=O)n2C. The highest BCUT2D eigenvalue weighted by Gasteiger charge is 2.13. The molecule has 0 aliphatic rings. The van der Waals surface area contributed by atoms with Crippen molar-refractivity contribution in [2.24, 2.45) is 24.4 Å². The summed E-state index contributed by atoms with van der Waals surface area (Å²) in [6.07, 6.45) is 0. The molecule has 2 heterocycles. The number of alkyl halides is 1. The Labute approximate surface area is 131 Å². The van der Waals surface area contributed by atoms with Crippen LogP contribution in [0.2, 0.25) is 0 Å². The number of H-pyrrole nitrogens is 1. The molecule has 120 valence electrons. The summed E-state index contributed by atoms with van der Waals surface area (Å²) in [6.45, 7) is 4.47. The lowest BCUT2D eigenvalue weighted by atomic mass is 10.4. The number of rotatable bonds is 5. The largest absolute Gasteiger partial charge is 0.332 e. The molecular weight excluding hydrogens is 310 g/mol. The van der Waals surface area contributed by atoms with Crippen molar-refractivity contribution in [2.75, 3.05) is 12.4 Å². The van der Waals surface area contributed by atoms with Crippen LogP contribution in [0.1, 0.15) is 13.8 Å². The minimum atomic E-state index is -0.450. The number of fused-ring (bicyclic) bond motifs is 1. The molecule has 0 aliphatic carbocycles. The van der Waals surface area contributed by atoms with Gasteiger partial charge in [-0.3, -0.25) is 18.9 Å². The van der Waals surface area contributed by atoms with Gasteiger partial charge in [0, 0.05) is 26.0 Å². The number of aryl methyl sites for hydroxylation is 1. The van der Waals surface area contributed by atoms with E-state index >= 15 is 0 Å². The first-order valence-electron chi connectivity index (χ1n) is 6.76. The molecule has 0 spiro atoms. The van der Waals surface area contributed by atoms with Crippen LogP contribution in [0, 0.1) is 0 Å². The molecule has 22 heavy (non-hydrogen) atoms. The van der Waals surface area contributed by atoms with Crippen molar-refractivity contribution in [1.82, 2.24) is 24.1 Å². The zero-order valence-electron chi connectivity index (χ0n) is 12.9. The number of hydrogen-bond acceptors (Lipinski definition) is 5. The highest BCUT2D eigenvalue weighted by atomic mass is 35.5. The number of nitrogens with zero attached hydrogens (tertiary/aromatic N) is 6. The predicted octanol–water partition coefficient (Wildman–Crippen LogP) is 0.908. The minimum absolute atomic E-state index is 0.129. The molecule has 2 aromatic heterocycles. The molecule has 0 saturated carbocycles. The maximum absolute atomic E-state index is 12.0. The van der Waals surface area contributed by atoms with E-state index < -0.39 is 11.2 Å². The molecule has 10 heteroatoms. The van der Waals surface area contributed by atoms with Crippen LogP contribution in [0.5, 0.6) is 0 Å². The molecular formula is C12H18ClN7O2. The highest BCUT2D eigenvalue weighted by Crippen LogP contribution is 2.13. The van der Waals surface area contributed by atoms with Crippen molar-refractivity contribution in [3.63, 3.8) is 0 Å². The van der Waals surface area contributed by atoms with Gasteiger partial charge in [-0.1, -0.05) is 10.3 Å². The molecule has 0 aromatic carbocycles. The van der Waals surface area contributed by atoms with Crippen LogP contribution in [0.4, 0.5) is 5.95 Å². The second-order valence-electron chi connectivity index (χ2n) is 5.10. The van der Waals surface area contributed by atoms with Crippen LogP contribution in [0.15, 0.2) is 19.9 Å². The Morgan fingerprint density at radius 2 is 2.00 bits per heavy atom. The van der Waals surface area contributed by atoms with Crippen LogP contribution in [-0.4, -0.2) is 42.6 Å². The van der Waals surface area contributed by atoms with E-state index in [0.717, 1.165) is 4.57 Å². The molecule has 0 bridgehead atoms. The van der Waals surface area contributed by atoms with Crippen LogP contribution < -0.4 is 11.2 Å². The average molecular weight is 328 g/mol. The Morgan fingerprint density at radius 1 is 1.32 bits per heavy atom. The monoisotopic (exact) mass is 327 g/mol. The van der Waals surface area contributed by atoms with Gasteiger partial charge in [0.25, 0.3) is 11.5 Å². The first kappa shape index (κ1) is 16.2. The fraction of sp³-hybridized carbons (Fsp3) is 0.583. The zero-order chi connectivity index (χ0) is 16.4. The third-order valence-corrected chi connectivity index (χ3v) is 3.42. The summed E-state index contributed by atoms with van der Waals surface area (Å²) < 4.78 is 2.29. The van der Waals surface area contributed by atoms with Gasteiger partial charge in [-0.2, -0.15) is 4.98 Å². The van der Waals surface area contributed by atoms with E-state index in [1.165, 1.54) is 11.6 Å². The summed E-state index contributed by atoms with van der Waals surface area (Å²) >= 11 is 5.71. The third kappa shape index (κ3) is 2.89. The van der Waals surface area contributed by atoms with E-state index in [1.54, 1.807) is 12.1 Å². The van der Waals surface area contributed by atoms with Gasteiger partial charge in [-0.15, -0.1) is 11.6 Å². The van der Waals surface area contributed by atoms with Gasteiger partial charge < -0.3 is 4.98 Å². The van der Waals surface area contributed by atoms with E-state index in [2.05, 4.69) is 20.3 Å². The van der Waals surface area contributed by atoms with Gasteiger partial charge in [0.1, 0.15) is 0 Å². The van der Waals surface area contributed by atoms with E-state index in [9.17, 15) is 9.59 Å². The lowest BCUT2D eigenvalue weighted by molar-refractivity contribution is 0.230. The molecule has 0 aliphatic heterocycles. The fourth-order valence-corrected chi connectivity index (χ4v) is 2.13. The lowest BCUT2D eigenvalue weighted by Crippen LogP contribution is -2.36. The van der Waals surface area contributed by atoms with Crippen molar-refractivity contribution >= 4 is 28.7 Å². The molecule has 0 saturated heterocycles. The van der Waals surface area contributed by atoms with Crippen molar-refractivity contribution < 1.29 is 0 Å². The van der Waals surface area contributed by atoms with Crippen LogP contribution in [0.3, 0.4) is 0 Å². The van der Waals surface area contributed by atoms with E-state index in [1.807, 2.05) is 13.8 Å². The molecule has 0 unspecified atom stereocenters. The van der Waals surface area contributed by atoms with E-state index in [4.69, 9.17) is 11.6 Å². The Bertz CT molecular complexity index is 817. The quantitative estimate of drug-likeness (QED) is 0.501. The summed E-state index contributed by atoms with van der Waals surface area (Å²) in [7, 11) is 2.95. The summed E-state index contributed by atoms with van der Waals surface area (Å²) in [4.78, 5) is 30.8. The molecule has 2 aromatic rings. The Morgan fingerprint density at radius 3 is 2.59 bits per heavy atom. The standard InChI is InChI=1S/C12H18ClN7O2/c1-7(2)20(6-5-13)17-16-11-14-8-9(15-11)18(3)12(22)19(4)10(8)21/h7H,5-6H2,1-4H3,(H,14,15). The number of hydrogen-bond donors (Lipinski definition) is 1. The predicted molar refractivity (Wildman–Crippen MR) is 83.7 cm³/mol. The minimum Gasteiger partial charge on any atom is -0.315 e. The van der Waals surface area contributed by atoms with Gasteiger partial charge in [-0.25, -0.2) is 4.79 Å². The van der Waals surface area contributed by atoms with Crippen LogP contribution >= 0.6 is 11.6 Å². The number of aromatic amines is 1. The van der Waals surface area contributed by atoms with Crippen molar-refractivity contribution in [1.29, 1.82) is 0 Å². The topological polar surface area (TPSA) is 101 Å². The Kier molecular flexibility index (Phi) is 4.65. The third-order valence-electron chi connectivity index (χ3n) is 3.25. The van der Waals surface area contributed by atoms with Crippen LogP contribution in [0.25, 0.3) is 11.2 Å². The van der Waals surface area contributed by atoms with Gasteiger partial charge in [-0.05, 0) is 13.8 Å². The highest BCUT2D eigenvalue weighted by molar-refractivity contribution is 6.18. The summed E-state index contributed by atoms with van der Waals surface area (Å²) in [6, 6.07) is 0.129. The molecule has 9 nitrogen and oxygen atoms in total. The van der Waals surface area contributed by atoms with Crippen molar-refractivity contribution in [3.8, 4) is 0 Å². The number of nitrogens with one attached hydrogen (secondary N) is 1. The van der Waals surface area contributed by atoms with Crippen molar-refractivity contribution in [2.45, 2.75) is 19.9 Å². The zero-order valence-corrected chi connectivity index (χ0v) is 13.6. The average Bonchev–Trinajstić information content (AvgIpc) is 2.91. The summed E-state index contributed by atoms with van der Waals surface area (Å²) in [5, 5.41) is 9.76. The second kappa shape index (κ2) is 6.30. The molecule has 0 fully saturated rings. The number of halogens is 1. The first-order valence-corrected chi connectivity index (χ1v) is 7.30.